The summed E-state index contributed by atoms with van der Waals surface area (Å²) in [6.45, 7) is 1.33. The van der Waals surface area contributed by atoms with Crippen LogP contribution in [0.2, 0.25) is 0 Å². The number of amides is 1. The maximum absolute atomic E-state index is 14.0. The number of nitrogens with two attached hydrogens (primary N) is 1. The number of benzene rings is 1. The van der Waals surface area contributed by atoms with Crippen molar-refractivity contribution >= 4 is 17.5 Å². The van der Waals surface area contributed by atoms with Gasteiger partial charge < -0.3 is 15.8 Å². The summed E-state index contributed by atoms with van der Waals surface area (Å²) in [5, 5.41) is 6.50. The molecule has 0 spiro atoms. The lowest BCUT2D eigenvalue weighted by atomic mass is 10.1. The molecule has 0 saturated carbocycles. The van der Waals surface area contributed by atoms with Gasteiger partial charge in [0.15, 0.2) is 5.65 Å². The van der Waals surface area contributed by atoms with Crippen molar-refractivity contribution in [1.29, 1.82) is 0 Å². The van der Waals surface area contributed by atoms with Gasteiger partial charge in [0.25, 0.3) is 5.91 Å². The molecule has 0 aliphatic rings. The molecule has 33 heavy (non-hydrogen) atoms. The zero-order valence-electron chi connectivity index (χ0n) is 17.0. The van der Waals surface area contributed by atoms with Gasteiger partial charge in [-0.1, -0.05) is 0 Å². The van der Waals surface area contributed by atoms with Crippen LogP contribution >= 0.6 is 0 Å². The Labute approximate surface area is 184 Å². The summed E-state index contributed by atoms with van der Waals surface area (Å²) < 4.78 is 56.6. The molecule has 3 N–H and O–H groups in total. The first-order valence-corrected chi connectivity index (χ1v) is 9.50. The van der Waals surface area contributed by atoms with Gasteiger partial charge in [0, 0.05) is 35.6 Å². The quantitative estimate of drug-likeness (QED) is 0.441. The number of nitrogen functional groups attached to an aromatic ring is 1. The van der Waals surface area contributed by atoms with Crippen LogP contribution in [-0.4, -0.2) is 31.9 Å². The second-order valence-corrected chi connectivity index (χ2v) is 7.06. The normalized spacial score (nSPS) is 11.5. The predicted octanol–water partition coefficient (Wildman–Crippen LogP) is 3.65. The first-order chi connectivity index (χ1) is 15.6. The van der Waals surface area contributed by atoms with E-state index in [2.05, 4.69) is 25.1 Å². The van der Waals surface area contributed by atoms with E-state index in [1.165, 1.54) is 10.7 Å². The molecule has 0 radical (unpaired) electrons. The molecule has 0 fully saturated rings. The standard InChI is InChI=1S/C21H16F4N6O2/c1-11-9-27-17(12-4-5-31-18(7-12)29-20(26)30-31)8-15(11)19(32)28-10-13-6-14(2-3-16(13)22)33-21(23,24)25/h2-9H,10H2,1H3,(H2,26,30)(H,28,32). The van der Waals surface area contributed by atoms with Gasteiger partial charge in [0.1, 0.15) is 11.6 Å². The smallest absolute Gasteiger partial charge is 0.406 e. The number of aryl methyl sites for hydroxylation is 1. The van der Waals surface area contributed by atoms with Crippen LogP contribution in [0, 0.1) is 12.7 Å². The third-order valence-corrected chi connectivity index (χ3v) is 4.69. The topological polar surface area (TPSA) is 107 Å². The third-order valence-electron chi connectivity index (χ3n) is 4.69. The molecule has 4 rings (SSSR count). The Hall–Kier alpha value is -4.22. The molecular weight excluding hydrogens is 444 g/mol. The van der Waals surface area contributed by atoms with Gasteiger partial charge in [0.05, 0.1) is 5.69 Å². The minimum atomic E-state index is -4.91. The zero-order valence-corrected chi connectivity index (χ0v) is 17.0. The number of carbonyl (C=O) groups excluding carboxylic acids is 1. The SMILES string of the molecule is Cc1cnc(-c2ccn3nc(N)nc3c2)cc1C(=O)NCc1cc(OC(F)(F)F)ccc1F. The summed E-state index contributed by atoms with van der Waals surface area (Å²) in [4.78, 5) is 21.2. The molecule has 8 nitrogen and oxygen atoms in total. The fourth-order valence-corrected chi connectivity index (χ4v) is 3.14. The number of alkyl halides is 3. The first kappa shape index (κ1) is 22.0. The Balaban J connectivity index is 1.54. The number of rotatable bonds is 5. The minimum absolute atomic E-state index is 0.112. The number of anilines is 1. The highest BCUT2D eigenvalue weighted by Gasteiger charge is 2.31. The summed E-state index contributed by atoms with van der Waals surface area (Å²) >= 11 is 0. The van der Waals surface area contributed by atoms with Crippen molar-refractivity contribution in [1.82, 2.24) is 24.9 Å². The van der Waals surface area contributed by atoms with Gasteiger partial charge in [-0.25, -0.2) is 8.91 Å². The Morgan fingerprint density at radius 1 is 1.21 bits per heavy atom. The van der Waals surface area contributed by atoms with Crippen LogP contribution in [0.3, 0.4) is 0 Å². The molecule has 3 aromatic heterocycles. The van der Waals surface area contributed by atoms with Crippen molar-refractivity contribution in [2.75, 3.05) is 5.73 Å². The first-order valence-electron chi connectivity index (χ1n) is 9.50. The maximum Gasteiger partial charge on any atom is 0.573 e. The van der Waals surface area contributed by atoms with Crippen molar-refractivity contribution < 1.29 is 27.1 Å². The number of halogens is 4. The second-order valence-electron chi connectivity index (χ2n) is 7.06. The van der Waals surface area contributed by atoms with Crippen LogP contribution in [-0.2, 0) is 6.54 Å². The molecule has 1 amide bonds. The predicted molar refractivity (Wildman–Crippen MR) is 110 cm³/mol. The summed E-state index contributed by atoms with van der Waals surface area (Å²) in [5.41, 5.74) is 7.88. The molecule has 170 valence electrons. The molecule has 12 heteroatoms. The number of pyridine rings is 2. The van der Waals surface area contributed by atoms with Crippen LogP contribution in [0.25, 0.3) is 16.9 Å². The van der Waals surface area contributed by atoms with Gasteiger partial charge in [-0.3, -0.25) is 9.78 Å². The fraction of sp³-hybridized carbons (Fsp3) is 0.143. The molecule has 1 aromatic carbocycles. The average Bonchev–Trinajstić information content (AvgIpc) is 3.12. The molecule has 4 aromatic rings. The number of ether oxygens (including phenoxy) is 1. The van der Waals surface area contributed by atoms with Crippen LogP contribution < -0.4 is 15.8 Å². The van der Waals surface area contributed by atoms with Crippen LogP contribution in [0.15, 0.2) is 48.8 Å². The molecular formula is C21H16F4N6O2. The maximum atomic E-state index is 14.0. The number of aromatic nitrogens is 4. The van der Waals surface area contributed by atoms with Gasteiger partial charge in [-0.15, -0.1) is 18.3 Å². The Morgan fingerprint density at radius 2 is 2.00 bits per heavy atom. The lowest BCUT2D eigenvalue weighted by molar-refractivity contribution is -0.274. The van der Waals surface area contributed by atoms with E-state index in [-0.39, 0.29) is 23.6 Å². The molecule has 0 aliphatic heterocycles. The Morgan fingerprint density at radius 3 is 2.76 bits per heavy atom. The van der Waals surface area contributed by atoms with E-state index in [1.807, 2.05) is 0 Å². The highest BCUT2D eigenvalue weighted by atomic mass is 19.4. The number of nitrogens with zero attached hydrogens (tertiary/aromatic N) is 4. The number of nitrogens with one attached hydrogen (secondary N) is 1. The fourth-order valence-electron chi connectivity index (χ4n) is 3.14. The highest BCUT2D eigenvalue weighted by molar-refractivity contribution is 5.96. The number of hydrogen-bond donors (Lipinski definition) is 2. The van der Waals surface area contributed by atoms with Gasteiger partial charge in [0.2, 0.25) is 5.95 Å². The molecule has 0 atom stereocenters. The summed E-state index contributed by atoms with van der Waals surface area (Å²) in [7, 11) is 0. The zero-order chi connectivity index (χ0) is 23.8. The lowest BCUT2D eigenvalue weighted by Crippen LogP contribution is -2.24. The number of carbonyl (C=O) groups is 1. The largest absolute Gasteiger partial charge is 0.573 e. The Kier molecular flexibility index (Phi) is 5.58. The van der Waals surface area contributed by atoms with E-state index in [0.29, 0.717) is 22.5 Å². The molecule has 3 heterocycles. The summed E-state index contributed by atoms with van der Waals surface area (Å²) in [6.07, 6.45) is -1.76. The van der Waals surface area contributed by atoms with Crippen LogP contribution in [0.4, 0.5) is 23.5 Å². The molecule has 0 aliphatic carbocycles. The van der Waals surface area contributed by atoms with Gasteiger partial charge >= 0.3 is 6.36 Å². The summed E-state index contributed by atoms with van der Waals surface area (Å²) in [5.74, 6) is -1.80. The van der Waals surface area contributed by atoms with E-state index in [9.17, 15) is 22.4 Å². The van der Waals surface area contributed by atoms with Crippen molar-refractivity contribution in [3.8, 4) is 17.0 Å². The van der Waals surface area contributed by atoms with E-state index in [1.54, 1.807) is 31.3 Å². The van der Waals surface area contributed by atoms with Crippen molar-refractivity contribution in [2.24, 2.45) is 0 Å². The van der Waals surface area contributed by atoms with Gasteiger partial charge in [-0.2, -0.15) is 4.98 Å². The van der Waals surface area contributed by atoms with Gasteiger partial charge in [-0.05, 0) is 48.9 Å². The molecule has 0 unspecified atom stereocenters. The third kappa shape index (κ3) is 5.00. The second kappa shape index (κ2) is 8.37. The number of fused-ring (bicyclic) bond motifs is 1. The van der Waals surface area contributed by atoms with Crippen molar-refractivity contribution in [2.45, 2.75) is 19.8 Å². The average molecular weight is 460 g/mol. The monoisotopic (exact) mass is 460 g/mol. The van der Waals surface area contributed by atoms with Crippen LogP contribution in [0.5, 0.6) is 5.75 Å². The minimum Gasteiger partial charge on any atom is -0.406 e. The van der Waals surface area contributed by atoms with E-state index >= 15 is 0 Å². The van der Waals surface area contributed by atoms with E-state index < -0.39 is 23.8 Å². The number of hydrogen-bond acceptors (Lipinski definition) is 6. The molecule has 0 saturated heterocycles. The van der Waals surface area contributed by atoms with Crippen LogP contribution in [0.1, 0.15) is 21.5 Å². The summed E-state index contributed by atoms with van der Waals surface area (Å²) in [6, 6.07) is 7.55. The lowest BCUT2D eigenvalue weighted by Gasteiger charge is -2.12. The van der Waals surface area contributed by atoms with Crippen molar-refractivity contribution in [3.63, 3.8) is 0 Å². The van der Waals surface area contributed by atoms with Crippen molar-refractivity contribution in [3.05, 3.63) is 71.3 Å². The highest BCUT2D eigenvalue weighted by Crippen LogP contribution is 2.25. The van der Waals surface area contributed by atoms with E-state index in [0.717, 1.165) is 18.2 Å². The van der Waals surface area contributed by atoms with E-state index in [4.69, 9.17) is 5.73 Å². The molecule has 0 bridgehead atoms. The Bertz CT molecular complexity index is 1350.